The minimum atomic E-state index is -0.193. The highest BCUT2D eigenvalue weighted by Gasteiger charge is 2.35. The molecule has 1 aliphatic rings. The molecule has 1 aliphatic heterocycles. The Kier molecular flexibility index (Phi) is 3.64. The largest absolute Gasteiger partial charge is 0.381 e. The summed E-state index contributed by atoms with van der Waals surface area (Å²) >= 11 is 0. The highest BCUT2D eigenvalue weighted by Crippen LogP contribution is 2.30. The van der Waals surface area contributed by atoms with E-state index >= 15 is 0 Å². The average molecular weight is 238 g/mol. The molecule has 4 heteroatoms. The Bertz CT molecular complexity index is 377. The van der Waals surface area contributed by atoms with Crippen molar-refractivity contribution in [2.45, 2.75) is 6.42 Å². The van der Waals surface area contributed by atoms with Crippen LogP contribution in [0.1, 0.15) is 6.42 Å². The summed E-state index contributed by atoms with van der Waals surface area (Å²) in [5.74, 6) is -0.193. The molecule has 0 bridgehead atoms. The van der Waals surface area contributed by atoms with E-state index in [1.807, 2.05) is 18.0 Å². The van der Waals surface area contributed by atoms with Gasteiger partial charge in [-0.3, -0.25) is 0 Å². The van der Waals surface area contributed by atoms with Gasteiger partial charge in [-0.2, -0.15) is 0 Å². The number of hydrogen-bond acceptors (Lipinski definition) is 3. The fourth-order valence-corrected chi connectivity index (χ4v) is 2.35. The van der Waals surface area contributed by atoms with Gasteiger partial charge in [-0.05, 0) is 18.6 Å². The molecule has 0 radical (unpaired) electrons. The van der Waals surface area contributed by atoms with Gasteiger partial charge in [-0.1, -0.05) is 12.1 Å². The third-order valence-corrected chi connectivity index (χ3v) is 3.45. The van der Waals surface area contributed by atoms with Crippen molar-refractivity contribution in [1.82, 2.24) is 0 Å². The Hall–Kier alpha value is -1.13. The molecule has 0 amide bonds. The van der Waals surface area contributed by atoms with Gasteiger partial charge in [0.2, 0.25) is 0 Å². The molecule has 1 fully saturated rings. The number of benzene rings is 1. The SMILES string of the molecule is CN(CC1(CN)CCOC1)c1ccccc1F. The number of nitrogens with two attached hydrogens (primary N) is 1. The maximum Gasteiger partial charge on any atom is 0.146 e. The van der Waals surface area contributed by atoms with Crippen LogP contribution in [-0.4, -0.2) is 33.4 Å². The standard InChI is InChI=1S/C13H19FN2O/c1-16(12-5-3-2-4-11(12)14)9-13(8-15)6-7-17-10-13/h2-5H,6-10,15H2,1H3. The van der Waals surface area contributed by atoms with E-state index in [9.17, 15) is 4.39 Å². The minimum absolute atomic E-state index is 0.0307. The van der Waals surface area contributed by atoms with E-state index in [1.165, 1.54) is 6.07 Å². The lowest BCUT2D eigenvalue weighted by Gasteiger charge is -2.32. The predicted octanol–water partition coefficient (Wildman–Crippen LogP) is 1.63. The van der Waals surface area contributed by atoms with Crippen LogP contribution in [0.2, 0.25) is 0 Å². The van der Waals surface area contributed by atoms with E-state index in [0.717, 1.165) is 19.6 Å². The molecule has 2 N–H and O–H groups in total. The van der Waals surface area contributed by atoms with Gasteiger partial charge in [0.1, 0.15) is 5.82 Å². The van der Waals surface area contributed by atoms with Gasteiger partial charge in [0.05, 0.1) is 12.3 Å². The van der Waals surface area contributed by atoms with Crippen molar-refractivity contribution >= 4 is 5.69 Å². The number of nitrogens with zero attached hydrogens (tertiary/aromatic N) is 1. The van der Waals surface area contributed by atoms with Crippen LogP contribution in [0.25, 0.3) is 0 Å². The van der Waals surface area contributed by atoms with Gasteiger partial charge < -0.3 is 15.4 Å². The molecule has 2 rings (SSSR count). The van der Waals surface area contributed by atoms with Crippen molar-refractivity contribution in [1.29, 1.82) is 0 Å². The topological polar surface area (TPSA) is 38.5 Å². The number of hydrogen-bond donors (Lipinski definition) is 1. The number of halogens is 1. The summed E-state index contributed by atoms with van der Waals surface area (Å²) in [4.78, 5) is 1.93. The molecular weight excluding hydrogens is 219 g/mol. The van der Waals surface area contributed by atoms with Crippen molar-refractivity contribution in [3.8, 4) is 0 Å². The van der Waals surface area contributed by atoms with Crippen LogP contribution in [0.15, 0.2) is 24.3 Å². The zero-order valence-electron chi connectivity index (χ0n) is 10.2. The number of anilines is 1. The molecular formula is C13H19FN2O. The first kappa shape index (κ1) is 12.3. The van der Waals surface area contributed by atoms with Crippen LogP contribution >= 0.6 is 0 Å². The Labute approximate surface area is 101 Å². The van der Waals surface area contributed by atoms with Gasteiger partial charge in [-0.25, -0.2) is 4.39 Å². The second-order valence-electron chi connectivity index (χ2n) is 4.81. The van der Waals surface area contributed by atoms with Crippen LogP contribution in [-0.2, 0) is 4.74 Å². The first-order valence-electron chi connectivity index (χ1n) is 5.90. The Morgan fingerprint density at radius 1 is 1.47 bits per heavy atom. The molecule has 94 valence electrons. The first-order chi connectivity index (χ1) is 8.17. The fraction of sp³-hybridized carbons (Fsp3) is 0.538. The van der Waals surface area contributed by atoms with E-state index < -0.39 is 0 Å². The predicted molar refractivity (Wildman–Crippen MR) is 66.6 cm³/mol. The molecule has 17 heavy (non-hydrogen) atoms. The van der Waals surface area contributed by atoms with Crippen LogP contribution in [0, 0.1) is 11.2 Å². The monoisotopic (exact) mass is 238 g/mol. The fourth-order valence-electron chi connectivity index (χ4n) is 2.35. The van der Waals surface area contributed by atoms with Crippen molar-refractivity contribution in [3.63, 3.8) is 0 Å². The summed E-state index contributed by atoms with van der Waals surface area (Å²) in [5, 5.41) is 0. The molecule has 1 unspecified atom stereocenters. The Morgan fingerprint density at radius 2 is 2.24 bits per heavy atom. The summed E-state index contributed by atoms with van der Waals surface area (Å²) < 4.78 is 19.1. The summed E-state index contributed by atoms with van der Waals surface area (Å²) in [6.07, 6.45) is 0.947. The van der Waals surface area contributed by atoms with Gasteiger partial charge in [0.15, 0.2) is 0 Å². The van der Waals surface area contributed by atoms with Gasteiger partial charge in [0.25, 0.3) is 0 Å². The number of ether oxygens (including phenoxy) is 1. The number of para-hydroxylation sites is 1. The maximum absolute atomic E-state index is 13.6. The lowest BCUT2D eigenvalue weighted by Crippen LogP contribution is -2.42. The lowest BCUT2D eigenvalue weighted by molar-refractivity contribution is 0.157. The van der Waals surface area contributed by atoms with Crippen molar-refractivity contribution < 1.29 is 9.13 Å². The molecule has 0 aromatic heterocycles. The maximum atomic E-state index is 13.6. The van der Waals surface area contributed by atoms with Crippen LogP contribution in [0.3, 0.4) is 0 Å². The first-order valence-corrected chi connectivity index (χ1v) is 5.90. The Balaban J connectivity index is 2.11. The summed E-state index contributed by atoms with van der Waals surface area (Å²) in [7, 11) is 1.90. The van der Waals surface area contributed by atoms with Gasteiger partial charge in [-0.15, -0.1) is 0 Å². The third kappa shape index (κ3) is 2.58. The number of rotatable bonds is 4. The van der Waals surface area contributed by atoms with Crippen molar-refractivity contribution in [2.75, 3.05) is 38.3 Å². The molecule has 1 saturated heterocycles. The van der Waals surface area contributed by atoms with E-state index in [-0.39, 0.29) is 11.2 Å². The zero-order chi connectivity index (χ0) is 12.3. The molecule has 1 atom stereocenters. The molecule has 0 spiro atoms. The summed E-state index contributed by atoms with van der Waals surface area (Å²) in [5.41, 5.74) is 6.42. The molecule has 3 nitrogen and oxygen atoms in total. The van der Waals surface area contributed by atoms with Crippen LogP contribution in [0.4, 0.5) is 10.1 Å². The zero-order valence-corrected chi connectivity index (χ0v) is 10.2. The smallest absolute Gasteiger partial charge is 0.146 e. The quantitative estimate of drug-likeness (QED) is 0.866. The van der Waals surface area contributed by atoms with E-state index in [4.69, 9.17) is 10.5 Å². The highest BCUT2D eigenvalue weighted by atomic mass is 19.1. The van der Waals surface area contributed by atoms with Gasteiger partial charge >= 0.3 is 0 Å². The second kappa shape index (κ2) is 5.02. The second-order valence-corrected chi connectivity index (χ2v) is 4.81. The molecule has 1 aromatic rings. The molecule has 1 heterocycles. The molecule has 1 aromatic carbocycles. The average Bonchev–Trinajstić information content (AvgIpc) is 2.79. The lowest BCUT2D eigenvalue weighted by atomic mass is 9.87. The highest BCUT2D eigenvalue weighted by molar-refractivity contribution is 5.47. The van der Waals surface area contributed by atoms with Crippen molar-refractivity contribution in [2.24, 2.45) is 11.1 Å². The van der Waals surface area contributed by atoms with E-state index in [1.54, 1.807) is 12.1 Å². The van der Waals surface area contributed by atoms with E-state index in [0.29, 0.717) is 18.8 Å². The van der Waals surface area contributed by atoms with Crippen LogP contribution in [0.5, 0.6) is 0 Å². The third-order valence-electron chi connectivity index (χ3n) is 3.45. The Morgan fingerprint density at radius 3 is 2.82 bits per heavy atom. The minimum Gasteiger partial charge on any atom is -0.381 e. The van der Waals surface area contributed by atoms with Crippen molar-refractivity contribution in [3.05, 3.63) is 30.1 Å². The summed E-state index contributed by atoms with van der Waals surface area (Å²) in [6, 6.07) is 6.81. The molecule has 0 saturated carbocycles. The van der Waals surface area contributed by atoms with Crippen LogP contribution < -0.4 is 10.6 Å². The molecule has 0 aliphatic carbocycles. The summed E-state index contributed by atoms with van der Waals surface area (Å²) in [6.45, 7) is 2.72. The normalized spacial score (nSPS) is 23.9. The van der Waals surface area contributed by atoms with Gasteiger partial charge in [0, 0.05) is 32.2 Å². The van der Waals surface area contributed by atoms with E-state index in [2.05, 4.69) is 0 Å².